The van der Waals surface area contributed by atoms with Crippen LogP contribution in [0.25, 0.3) is 0 Å². The summed E-state index contributed by atoms with van der Waals surface area (Å²) in [5.74, 6) is -0.701. The van der Waals surface area contributed by atoms with Crippen molar-refractivity contribution in [1.29, 1.82) is 0 Å². The quantitative estimate of drug-likeness (QED) is 0.453. The molecule has 2 atom stereocenters. The average Bonchev–Trinajstić information content (AvgIpc) is 3.77. The van der Waals surface area contributed by atoms with Gasteiger partial charge in [0, 0.05) is 62.7 Å². The standard InChI is InChI=1S/C29H31F6N3O2/c1-18-2-4-19(5-3-18)24-17-38(9-8-25(24)36-10-12-37(13-11-36)26(39)20-6-7-20)27(40)21-14-22(28(30,31)32)16-23(15-21)29(33,34)35/h2-5,14-16,20,24-25H,6-13,17H2,1H3. The topological polar surface area (TPSA) is 43.9 Å². The Balaban J connectivity index is 1.38. The largest absolute Gasteiger partial charge is 0.416 e. The van der Waals surface area contributed by atoms with Crippen LogP contribution in [-0.4, -0.2) is 71.8 Å². The van der Waals surface area contributed by atoms with Gasteiger partial charge in [0.15, 0.2) is 0 Å². The fraction of sp³-hybridized carbons (Fsp3) is 0.517. The summed E-state index contributed by atoms with van der Waals surface area (Å²) < 4.78 is 80.5. The highest BCUT2D eigenvalue weighted by atomic mass is 19.4. The van der Waals surface area contributed by atoms with Crippen molar-refractivity contribution < 1.29 is 35.9 Å². The number of likely N-dealkylation sites (tertiary alicyclic amines) is 1. The Labute approximate surface area is 228 Å². The van der Waals surface area contributed by atoms with E-state index in [4.69, 9.17) is 0 Å². The molecular weight excluding hydrogens is 536 g/mol. The van der Waals surface area contributed by atoms with Gasteiger partial charge in [-0.2, -0.15) is 26.3 Å². The van der Waals surface area contributed by atoms with E-state index in [1.54, 1.807) is 0 Å². The van der Waals surface area contributed by atoms with Crippen molar-refractivity contribution in [2.75, 3.05) is 39.3 Å². The Morgan fingerprint density at radius 1 is 0.750 bits per heavy atom. The molecule has 0 radical (unpaired) electrons. The van der Waals surface area contributed by atoms with E-state index in [0.29, 0.717) is 44.7 Å². The summed E-state index contributed by atoms with van der Waals surface area (Å²) in [5.41, 5.74) is -1.65. The maximum Gasteiger partial charge on any atom is 0.416 e. The molecular formula is C29H31F6N3O2. The van der Waals surface area contributed by atoms with Crippen molar-refractivity contribution in [1.82, 2.24) is 14.7 Å². The lowest BCUT2D eigenvalue weighted by atomic mass is 9.84. The number of halogens is 6. The summed E-state index contributed by atoms with van der Waals surface area (Å²) >= 11 is 0. The summed E-state index contributed by atoms with van der Waals surface area (Å²) in [7, 11) is 0. The lowest BCUT2D eigenvalue weighted by molar-refractivity contribution is -0.143. The molecule has 5 nitrogen and oxygen atoms in total. The second-order valence-electron chi connectivity index (χ2n) is 11.1. The molecule has 2 unspecified atom stereocenters. The Kier molecular flexibility index (Phi) is 7.62. The average molecular weight is 568 g/mol. The minimum Gasteiger partial charge on any atom is -0.340 e. The highest BCUT2D eigenvalue weighted by molar-refractivity contribution is 5.95. The molecule has 2 aromatic carbocycles. The van der Waals surface area contributed by atoms with Crippen molar-refractivity contribution >= 4 is 11.8 Å². The van der Waals surface area contributed by atoms with Gasteiger partial charge in [0.25, 0.3) is 5.91 Å². The summed E-state index contributed by atoms with van der Waals surface area (Å²) in [6.07, 6.45) is -7.67. The van der Waals surface area contributed by atoms with Crippen molar-refractivity contribution in [2.45, 2.75) is 50.5 Å². The maximum absolute atomic E-state index is 13.4. The number of piperidine rings is 1. The number of carbonyl (C=O) groups excluding carboxylic acids is 2. The number of piperazine rings is 1. The number of aryl methyl sites for hydroxylation is 1. The lowest BCUT2D eigenvalue weighted by Gasteiger charge is -2.47. The van der Waals surface area contributed by atoms with Gasteiger partial charge < -0.3 is 9.80 Å². The number of hydrogen-bond donors (Lipinski definition) is 0. The van der Waals surface area contributed by atoms with E-state index in [1.807, 2.05) is 36.1 Å². The predicted molar refractivity (Wildman–Crippen MR) is 136 cm³/mol. The monoisotopic (exact) mass is 567 g/mol. The van der Waals surface area contributed by atoms with Crippen LogP contribution in [0, 0.1) is 12.8 Å². The fourth-order valence-electron chi connectivity index (χ4n) is 5.83. The molecule has 3 aliphatic rings. The van der Waals surface area contributed by atoms with Crippen LogP contribution in [0.15, 0.2) is 42.5 Å². The summed E-state index contributed by atoms with van der Waals surface area (Å²) in [4.78, 5) is 31.5. The van der Waals surface area contributed by atoms with Gasteiger partial charge in [-0.25, -0.2) is 0 Å². The fourth-order valence-corrected chi connectivity index (χ4v) is 5.83. The first-order valence-corrected chi connectivity index (χ1v) is 13.5. The van der Waals surface area contributed by atoms with E-state index in [2.05, 4.69) is 4.90 Å². The van der Waals surface area contributed by atoms with Gasteiger partial charge in [-0.15, -0.1) is 0 Å². The third-order valence-electron chi connectivity index (χ3n) is 8.23. The van der Waals surface area contributed by atoms with Crippen LogP contribution >= 0.6 is 0 Å². The lowest BCUT2D eigenvalue weighted by Crippen LogP contribution is -2.57. The molecule has 2 amide bonds. The van der Waals surface area contributed by atoms with Crippen molar-refractivity contribution in [3.63, 3.8) is 0 Å². The number of alkyl halides is 6. The first-order valence-electron chi connectivity index (χ1n) is 13.5. The zero-order valence-electron chi connectivity index (χ0n) is 22.1. The number of amides is 2. The highest BCUT2D eigenvalue weighted by Gasteiger charge is 2.41. The molecule has 1 saturated carbocycles. The second kappa shape index (κ2) is 10.7. The Hall–Kier alpha value is -3.08. The third kappa shape index (κ3) is 6.14. The van der Waals surface area contributed by atoms with Crippen LogP contribution in [-0.2, 0) is 17.1 Å². The highest BCUT2D eigenvalue weighted by Crippen LogP contribution is 2.38. The maximum atomic E-state index is 13.4. The van der Waals surface area contributed by atoms with Crippen LogP contribution in [0.1, 0.15) is 57.8 Å². The van der Waals surface area contributed by atoms with Crippen molar-refractivity contribution in [2.24, 2.45) is 5.92 Å². The predicted octanol–water partition coefficient (Wildman–Crippen LogP) is 5.59. The molecule has 0 spiro atoms. The van der Waals surface area contributed by atoms with E-state index in [9.17, 15) is 35.9 Å². The van der Waals surface area contributed by atoms with E-state index in [1.165, 1.54) is 4.90 Å². The van der Waals surface area contributed by atoms with E-state index >= 15 is 0 Å². The zero-order chi connectivity index (χ0) is 28.8. The van der Waals surface area contributed by atoms with Crippen LogP contribution in [0.5, 0.6) is 0 Å². The minimum absolute atomic E-state index is 0.0113. The van der Waals surface area contributed by atoms with Gasteiger partial charge in [-0.3, -0.25) is 14.5 Å². The van der Waals surface area contributed by atoms with Gasteiger partial charge in [-0.05, 0) is 49.9 Å². The molecule has 11 heteroatoms. The molecule has 5 rings (SSSR count). The molecule has 2 saturated heterocycles. The van der Waals surface area contributed by atoms with Crippen molar-refractivity contribution in [3.05, 3.63) is 70.3 Å². The van der Waals surface area contributed by atoms with Crippen LogP contribution in [0.4, 0.5) is 26.3 Å². The SMILES string of the molecule is Cc1ccc(C2CN(C(=O)c3cc(C(F)(F)F)cc(C(F)(F)F)c3)CCC2N2CCN(C(=O)C3CC3)CC2)cc1. The Morgan fingerprint density at radius 2 is 1.32 bits per heavy atom. The van der Waals surface area contributed by atoms with Crippen LogP contribution < -0.4 is 0 Å². The smallest absolute Gasteiger partial charge is 0.340 e. The molecule has 0 bridgehead atoms. The number of hydrogen-bond acceptors (Lipinski definition) is 3. The summed E-state index contributed by atoms with van der Waals surface area (Å²) in [5, 5.41) is 0. The molecule has 3 fully saturated rings. The molecule has 1 aliphatic carbocycles. The number of rotatable bonds is 4. The number of benzene rings is 2. The first kappa shape index (κ1) is 28.4. The number of carbonyl (C=O) groups is 2. The van der Waals surface area contributed by atoms with E-state index in [0.717, 1.165) is 24.0 Å². The van der Waals surface area contributed by atoms with Gasteiger partial charge in [-0.1, -0.05) is 29.8 Å². The zero-order valence-corrected chi connectivity index (χ0v) is 22.1. The third-order valence-corrected chi connectivity index (χ3v) is 8.23. The Bertz CT molecular complexity index is 1220. The van der Waals surface area contributed by atoms with Crippen molar-refractivity contribution in [3.8, 4) is 0 Å². The molecule has 0 aromatic heterocycles. The second-order valence-corrected chi connectivity index (χ2v) is 11.1. The van der Waals surface area contributed by atoms with Gasteiger partial charge >= 0.3 is 12.4 Å². The summed E-state index contributed by atoms with van der Waals surface area (Å²) in [6, 6.07) is 8.85. The van der Waals surface area contributed by atoms with Gasteiger partial charge in [0.05, 0.1) is 11.1 Å². The van der Waals surface area contributed by atoms with E-state index < -0.39 is 35.0 Å². The van der Waals surface area contributed by atoms with E-state index in [-0.39, 0.29) is 42.9 Å². The minimum atomic E-state index is -5.03. The normalized spacial score (nSPS) is 22.9. The Morgan fingerprint density at radius 3 is 1.85 bits per heavy atom. The van der Waals surface area contributed by atoms with Gasteiger partial charge in [0.1, 0.15) is 0 Å². The van der Waals surface area contributed by atoms with Crippen LogP contribution in [0.2, 0.25) is 0 Å². The van der Waals surface area contributed by atoms with Crippen LogP contribution in [0.3, 0.4) is 0 Å². The van der Waals surface area contributed by atoms with Gasteiger partial charge in [0.2, 0.25) is 5.91 Å². The first-order chi connectivity index (χ1) is 18.8. The number of nitrogens with zero attached hydrogens (tertiary/aromatic N) is 3. The molecule has 216 valence electrons. The molecule has 2 heterocycles. The molecule has 2 aromatic rings. The molecule has 0 N–H and O–H groups in total. The summed E-state index contributed by atoms with van der Waals surface area (Å²) in [6.45, 7) is 4.86. The molecule has 40 heavy (non-hydrogen) atoms. The molecule has 2 aliphatic heterocycles.